The van der Waals surface area contributed by atoms with Crippen LogP contribution in [-0.2, 0) is 11.2 Å². The van der Waals surface area contributed by atoms with E-state index in [4.69, 9.17) is 5.73 Å². The minimum absolute atomic E-state index is 0.265. The van der Waals surface area contributed by atoms with Crippen LogP contribution >= 0.6 is 0 Å². The molecule has 0 radical (unpaired) electrons. The van der Waals surface area contributed by atoms with E-state index < -0.39 is 0 Å². The van der Waals surface area contributed by atoms with Gasteiger partial charge in [-0.3, -0.25) is 4.79 Å². The smallest absolute Gasteiger partial charge is 0.236 e. The zero-order chi connectivity index (χ0) is 10.8. The van der Waals surface area contributed by atoms with Crippen LogP contribution in [-0.4, -0.2) is 18.5 Å². The van der Waals surface area contributed by atoms with Crippen LogP contribution in [0.2, 0.25) is 0 Å². The van der Waals surface area contributed by atoms with Gasteiger partial charge < -0.3 is 10.6 Å². The number of fused-ring (bicyclic) bond motifs is 1. The monoisotopic (exact) mass is 204 g/mol. The molecule has 0 bridgehead atoms. The van der Waals surface area contributed by atoms with E-state index in [9.17, 15) is 4.79 Å². The molecule has 2 rings (SSSR count). The van der Waals surface area contributed by atoms with Crippen LogP contribution in [0, 0.1) is 0 Å². The molecule has 0 saturated carbocycles. The molecule has 1 aliphatic rings. The lowest BCUT2D eigenvalue weighted by Gasteiger charge is -2.36. The number of benzene rings is 1. The zero-order valence-corrected chi connectivity index (χ0v) is 8.94. The van der Waals surface area contributed by atoms with Gasteiger partial charge in [0.25, 0.3) is 0 Å². The molecule has 80 valence electrons. The summed E-state index contributed by atoms with van der Waals surface area (Å²) in [6.45, 7) is 2.46. The number of rotatable bonds is 2. The third-order valence-electron chi connectivity index (χ3n) is 2.99. The summed E-state index contributed by atoms with van der Waals surface area (Å²) in [7, 11) is 0. The Bertz CT molecular complexity index is 376. The first-order chi connectivity index (χ1) is 7.18. The second-order valence-electron chi connectivity index (χ2n) is 4.11. The van der Waals surface area contributed by atoms with Crippen molar-refractivity contribution in [3.63, 3.8) is 0 Å². The maximum absolute atomic E-state index is 11.0. The number of nitrogens with two attached hydrogens (primary N) is 1. The molecule has 0 aromatic heterocycles. The van der Waals surface area contributed by atoms with Gasteiger partial charge in [0, 0.05) is 11.7 Å². The van der Waals surface area contributed by atoms with E-state index in [-0.39, 0.29) is 5.91 Å². The summed E-state index contributed by atoms with van der Waals surface area (Å²) in [5, 5.41) is 0. The van der Waals surface area contributed by atoms with Crippen molar-refractivity contribution in [2.45, 2.75) is 25.8 Å². The number of para-hydroxylation sites is 1. The van der Waals surface area contributed by atoms with Gasteiger partial charge in [0.15, 0.2) is 0 Å². The molecule has 1 amide bonds. The molecule has 1 aromatic rings. The number of primary amides is 1. The Morgan fingerprint density at radius 3 is 3.00 bits per heavy atom. The molecule has 1 atom stereocenters. The summed E-state index contributed by atoms with van der Waals surface area (Å²) < 4.78 is 0. The Morgan fingerprint density at radius 1 is 1.53 bits per heavy atom. The van der Waals surface area contributed by atoms with Crippen molar-refractivity contribution in [1.82, 2.24) is 0 Å². The molecule has 3 heteroatoms. The number of carbonyl (C=O) groups excluding carboxylic acids is 1. The Morgan fingerprint density at radius 2 is 2.27 bits per heavy atom. The lowest BCUT2D eigenvalue weighted by molar-refractivity contribution is -0.116. The van der Waals surface area contributed by atoms with Gasteiger partial charge >= 0.3 is 0 Å². The lowest BCUT2D eigenvalue weighted by Crippen LogP contribution is -2.42. The second-order valence-corrected chi connectivity index (χ2v) is 4.11. The van der Waals surface area contributed by atoms with Crippen LogP contribution in [0.1, 0.15) is 18.9 Å². The van der Waals surface area contributed by atoms with Crippen LogP contribution in [0.5, 0.6) is 0 Å². The van der Waals surface area contributed by atoms with Crippen molar-refractivity contribution in [3.05, 3.63) is 29.8 Å². The van der Waals surface area contributed by atoms with Gasteiger partial charge in [0.1, 0.15) is 0 Å². The van der Waals surface area contributed by atoms with Crippen LogP contribution in [0.4, 0.5) is 5.69 Å². The molecule has 0 fully saturated rings. The van der Waals surface area contributed by atoms with Crippen LogP contribution in [0.25, 0.3) is 0 Å². The molecule has 0 saturated heterocycles. The largest absolute Gasteiger partial charge is 0.368 e. The Labute approximate surface area is 89.9 Å². The number of hydrogen-bond acceptors (Lipinski definition) is 2. The molecule has 1 unspecified atom stereocenters. The molecular formula is C12H16N2O. The first-order valence-corrected chi connectivity index (χ1v) is 5.31. The molecule has 1 aromatic carbocycles. The number of anilines is 1. The van der Waals surface area contributed by atoms with Crippen LogP contribution in [0.3, 0.4) is 0 Å². The molecule has 1 aliphatic heterocycles. The first-order valence-electron chi connectivity index (χ1n) is 5.31. The fraction of sp³-hybridized carbons (Fsp3) is 0.417. The maximum atomic E-state index is 11.0. The number of hydrogen-bond donors (Lipinski definition) is 1. The van der Waals surface area contributed by atoms with Crippen molar-refractivity contribution in [1.29, 1.82) is 0 Å². The molecule has 15 heavy (non-hydrogen) atoms. The summed E-state index contributed by atoms with van der Waals surface area (Å²) in [6, 6.07) is 8.62. The van der Waals surface area contributed by atoms with E-state index in [1.54, 1.807) is 0 Å². The summed E-state index contributed by atoms with van der Waals surface area (Å²) >= 11 is 0. The van der Waals surface area contributed by atoms with E-state index in [1.807, 2.05) is 12.1 Å². The molecule has 0 aliphatic carbocycles. The maximum Gasteiger partial charge on any atom is 0.236 e. The highest BCUT2D eigenvalue weighted by atomic mass is 16.1. The average molecular weight is 204 g/mol. The van der Waals surface area contributed by atoms with Gasteiger partial charge in [-0.05, 0) is 31.4 Å². The quantitative estimate of drug-likeness (QED) is 0.789. The predicted octanol–water partition coefficient (Wildman–Crippen LogP) is 1.31. The topological polar surface area (TPSA) is 46.3 Å². The summed E-state index contributed by atoms with van der Waals surface area (Å²) in [4.78, 5) is 13.1. The SMILES string of the molecule is CC1CCc2ccccc2N1CC(N)=O. The fourth-order valence-corrected chi connectivity index (χ4v) is 2.17. The highest BCUT2D eigenvalue weighted by molar-refractivity contribution is 5.80. The van der Waals surface area contributed by atoms with Crippen LogP contribution < -0.4 is 10.6 Å². The highest BCUT2D eigenvalue weighted by Gasteiger charge is 2.23. The lowest BCUT2D eigenvalue weighted by atomic mass is 9.97. The average Bonchev–Trinajstić information content (AvgIpc) is 2.22. The molecular weight excluding hydrogens is 188 g/mol. The number of amides is 1. The summed E-state index contributed by atoms with van der Waals surface area (Å²) in [6.07, 6.45) is 2.18. The zero-order valence-electron chi connectivity index (χ0n) is 8.94. The normalized spacial score (nSPS) is 19.8. The van der Waals surface area contributed by atoms with E-state index in [1.165, 1.54) is 5.56 Å². The standard InChI is InChI=1S/C12H16N2O/c1-9-6-7-10-4-2-3-5-11(10)14(9)8-12(13)15/h2-5,9H,6-8H2,1H3,(H2,13,15). The van der Waals surface area contributed by atoms with Gasteiger partial charge in [-0.2, -0.15) is 0 Å². The molecule has 3 nitrogen and oxygen atoms in total. The van der Waals surface area contributed by atoms with Gasteiger partial charge in [0.05, 0.1) is 6.54 Å². The fourth-order valence-electron chi connectivity index (χ4n) is 2.17. The van der Waals surface area contributed by atoms with Gasteiger partial charge in [-0.1, -0.05) is 18.2 Å². The minimum atomic E-state index is -0.265. The van der Waals surface area contributed by atoms with E-state index in [0.717, 1.165) is 18.5 Å². The van der Waals surface area contributed by atoms with Crippen molar-refractivity contribution < 1.29 is 4.79 Å². The van der Waals surface area contributed by atoms with Crippen molar-refractivity contribution >= 4 is 11.6 Å². The number of nitrogens with zero attached hydrogens (tertiary/aromatic N) is 1. The molecule has 0 spiro atoms. The van der Waals surface area contributed by atoms with Crippen LogP contribution in [0.15, 0.2) is 24.3 Å². The first kappa shape index (κ1) is 10.0. The predicted molar refractivity (Wildman–Crippen MR) is 60.8 cm³/mol. The van der Waals surface area contributed by atoms with E-state index in [0.29, 0.717) is 12.6 Å². The second kappa shape index (κ2) is 3.93. The van der Waals surface area contributed by atoms with Crippen molar-refractivity contribution in [2.75, 3.05) is 11.4 Å². The van der Waals surface area contributed by atoms with Gasteiger partial charge in [0.2, 0.25) is 5.91 Å². The Hall–Kier alpha value is -1.51. The summed E-state index contributed by atoms with van der Waals surface area (Å²) in [5.74, 6) is -0.265. The third kappa shape index (κ3) is 1.96. The minimum Gasteiger partial charge on any atom is -0.368 e. The van der Waals surface area contributed by atoms with E-state index in [2.05, 4.69) is 24.0 Å². The third-order valence-corrected chi connectivity index (χ3v) is 2.99. The number of carbonyl (C=O) groups is 1. The molecule has 1 heterocycles. The number of aryl methyl sites for hydroxylation is 1. The van der Waals surface area contributed by atoms with E-state index >= 15 is 0 Å². The summed E-state index contributed by atoms with van der Waals surface area (Å²) in [5.41, 5.74) is 7.74. The van der Waals surface area contributed by atoms with Gasteiger partial charge in [-0.15, -0.1) is 0 Å². The van der Waals surface area contributed by atoms with Crippen molar-refractivity contribution in [2.24, 2.45) is 5.73 Å². The Kier molecular flexibility index (Phi) is 2.62. The highest BCUT2D eigenvalue weighted by Crippen LogP contribution is 2.29. The molecule has 2 N–H and O–H groups in total. The van der Waals surface area contributed by atoms with Crippen molar-refractivity contribution in [3.8, 4) is 0 Å². The Balaban J connectivity index is 2.32. The van der Waals surface area contributed by atoms with Gasteiger partial charge in [-0.25, -0.2) is 0 Å².